The van der Waals surface area contributed by atoms with E-state index in [1.807, 2.05) is 48.7 Å². The van der Waals surface area contributed by atoms with Crippen LogP contribution in [-0.2, 0) is 0 Å². The molecule has 4 rings (SSSR count). The maximum absolute atomic E-state index is 5.91. The molecule has 2 heteroatoms. The van der Waals surface area contributed by atoms with Crippen LogP contribution in [0.5, 0.6) is 11.5 Å². The Morgan fingerprint density at radius 1 is 0.636 bits per heavy atom. The van der Waals surface area contributed by atoms with Crippen LogP contribution in [0.2, 0.25) is 0 Å². The van der Waals surface area contributed by atoms with Crippen molar-refractivity contribution in [1.82, 2.24) is 4.98 Å². The smallest absolute Gasteiger partial charge is 0.128 e. The number of fused-ring (bicyclic) bond motifs is 1. The largest absolute Gasteiger partial charge is 0.457 e. The third kappa shape index (κ3) is 2.47. The van der Waals surface area contributed by atoms with Crippen molar-refractivity contribution in [2.45, 2.75) is 0 Å². The molecule has 2 nitrogen and oxygen atoms in total. The number of aromatic nitrogens is 1. The molecule has 1 N–H and O–H groups in total. The highest BCUT2D eigenvalue weighted by Crippen LogP contribution is 2.28. The second kappa shape index (κ2) is 5.41. The number of para-hydroxylation sites is 1. The zero-order valence-corrected chi connectivity index (χ0v) is 12.0. The number of nitrogens with one attached hydrogen (secondary N) is 1. The van der Waals surface area contributed by atoms with Gasteiger partial charge >= 0.3 is 0 Å². The first-order valence-corrected chi connectivity index (χ1v) is 7.29. The Balaban J connectivity index is 1.69. The van der Waals surface area contributed by atoms with Crippen molar-refractivity contribution in [2.75, 3.05) is 0 Å². The van der Waals surface area contributed by atoms with E-state index in [1.165, 1.54) is 10.9 Å². The van der Waals surface area contributed by atoms with Gasteiger partial charge in [0.05, 0.1) is 0 Å². The molecule has 1 heterocycles. The quantitative estimate of drug-likeness (QED) is 0.518. The molecule has 0 bridgehead atoms. The van der Waals surface area contributed by atoms with Gasteiger partial charge in [0.15, 0.2) is 0 Å². The van der Waals surface area contributed by atoms with Crippen molar-refractivity contribution in [3.63, 3.8) is 0 Å². The van der Waals surface area contributed by atoms with Crippen molar-refractivity contribution < 1.29 is 4.74 Å². The van der Waals surface area contributed by atoms with E-state index in [9.17, 15) is 0 Å². The first-order chi connectivity index (χ1) is 10.9. The van der Waals surface area contributed by atoms with Crippen molar-refractivity contribution >= 4 is 10.9 Å². The highest BCUT2D eigenvalue weighted by Gasteiger charge is 2.03. The van der Waals surface area contributed by atoms with E-state index in [1.54, 1.807) is 0 Å². The van der Waals surface area contributed by atoms with Gasteiger partial charge in [-0.25, -0.2) is 0 Å². The minimum Gasteiger partial charge on any atom is -0.457 e. The normalized spacial score (nSPS) is 10.7. The van der Waals surface area contributed by atoms with Crippen LogP contribution in [0.1, 0.15) is 0 Å². The molecule has 0 saturated carbocycles. The highest BCUT2D eigenvalue weighted by molar-refractivity contribution is 5.84. The molecule has 0 amide bonds. The monoisotopic (exact) mass is 285 g/mol. The van der Waals surface area contributed by atoms with Gasteiger partial charge in [-0.2, -0.15) is 0 Å². The number of benzene rings is 3. The zero-order valence-electron chi connectivity index (χ0n) is 12.0. The Bertz CT molecular complexity index is 909. The van der Waals surface area contributed by atoms with Gasteiger partial charge in [0.2, 0.25) is 0 Å². The van der Waals surface area contributed by atoms with Gasteiger partial charge in [-0.3, -0.25) is 0 Å². The number of hydrogen-bond donors (Lipinski definition) is 1. The first kappa shape index (κ1) is 12.7. The molecule has 0 atom stereocenters. The molecule has 0 aliphatic carbocycles. The number of rotatable bonds is 3. The van der Waals surface area contributed by atoms with Crippen molar-refractivity contribution in [3.8, 4) is 22.6 Å². The molecule has 0 unspecified atom stereocenters. The molecule has 3 aromatic carbocycles. The lowest BCUT2D eigenvalue weighted by atomic mass is 10.0. The fourth-order valence-corrected chi connectivity index (χ4v) is 2.59. The molecule has 0 saturated heterocycles. The topological polar surface area (TPSA) is 25.0 Å². The van der Waals surface area contributed by atoms with E-state index < -0.39 is 0 Å². The summed E-state index contributed by atoms with van der Waals surface area (Å²) in [6, 6.07) is 26.5. The number of H-pyrrole nitrogens is 1. The number of aromatic amines is 1. The zero-order chi connectivity index (χ0) is 14.8. The molecule has 4 aromatic rings. The predicted molar refractivity (Wildman–Crippen MR) is 90.3 cm³/mol. The molecule has 106 valence electrons. The molecule has 0 radical (unpaired) electrons. The number of hydrogen-bond acceptors (Lipinski definition) is 1. The van der Waals surface area contributed by atoms with Gasteiger partial charge in [0.25, 0.3) is 0 Å². The summed E-state index contributed by atoms with van der Waals surface area (Å²) in [5.41, 5.74) is 3.46. The van der Waals surface area contributed by atoms with Crippen LogP contribution in [-0.4, -0.2) is 4.98 Å². The van der Waals surface area contributed by atoms with Gasteiger partial charge in [-0.15, -0.1) is 0 Å². The van der Waals surface area contributed by atoms with E-state index in [4.69, 9.17) is 4.74 Å². The average molecular weight is 285 g/mol. The minimum absolute atomic E-state index is 0.843. The van der Waals surface area contributed by atoms with Crippen molar-refractivity contribution in [2.24, 2.45) is 0 Å². The third-order valence-corrected chi connectivity index (χ3v) is 3.70. The Kier molecular flexibility index (Phi) is 3.13. The van der Waals surface area contributed by atoms with Crippen LogP contribution in [0.25, 0.3) is 22.0 Å². The molecule has 0 aliphatic heterocycles. The van der Waals surface area contributed by atoms with E-state index in [-0.39, 0.29) is 0 Å². The lowest BCUT2D eigenvalue weighted by molar-refractivity contribution is 0.483. The van der Waals surface area contributed by atoms with E-state index in [2.05, 4.69) is 41.4 Å². The number of ether oxygens (including phenoxy) is 1. The van der Waals surface area contributed by atoms with Crippen LogP contribution < -0.4 is 4.74 Å². The maximum atomic E-state index is 5.91. The van der Waals surface area contributed by atoms with Gasteiger partial charge in [0, 0.05) is 11.7 Å². The Morgan fingerprint density at radius 3 is 2.36 bits per heavy atom. The van der Waals surface area contributed by atoms with Crippen LogP contribution in [0.15, 0.2) is 85.1 Å². The standard InChI is InChI=1S/C20H15NO/c1-2-6-18(7-3-1)22-19-8-4-5-16(13-19)17-10-9-15-11-12-21-20(15)14-17/h1-14,21H. The summed E-state index contributed by atoms with van der Waals surface area (Å²) in [5.74, 6) is 1.69. The second-order valence-corrected chi connectivity index (χ2v) is 5.22. The Hall–Kier alpha value is -3.00. The maximum Gasteiger partial charge on any atom is 0.128 e. The molecule has 0 spiro atoms. The summed E-state index contributed by atoms with van der Waals surface area (Å²) >= 11 is 0. The third-order valence-electron chi connectivity index (χ3n) is 3.70. The minimum atomic E-state index is 0.843. The SMILES string of the molecule is c1ccc(Oc2cccc(-c3ccc4cc[nH]c4c3)c2)cc1. The van der Waals surface area contributed by atoms with Crippen LogP contribution >= 0.6 is 0 Å². The summed E-state index contributed by atoms with van der Waals surface area (Å²) in [4.78, 5) is 3.25. The summed E-state index contributed by atoms with van der Waals surface area (Å²) in [7, 11) is 0. The summed E-state index contributed by atoms with van der Waals surface area (Å²) in [6.45, 7) is 0. The Morgan fingerprint density at radius 2 is 1.45 bits per heavy atom. The molecule has 0 fully saturated rings. The van der Waals surface area contributed by atoms with E-state index in [0.717, 1.165) is 22.6 Å². The molecule has 22 heavy (non-hydrogen) atoms. The predicted octanol–water partition coefficient (Wildman–Crippen LogP) is 5.63. The summed E-state index contributed by atoms with van der Waals surface area (Å²) < 4.78 is 5.91. The average Bonchev–Trinajstić information content (AvgIpc) is 3.04. The van der Waals surface area contributed by atoms with Crippen LogP contribution in [0.3, 0.4) is 0 Å². The van der Waals surface area contributed by atoms with Crippen molar-refractivity contribution in [3.05, 3.63) is 85.1 Å². The molecule has 1 aromatic heterocycles. The highest BCUT2D eigenvalue weighted by atomic mass is 16.5. The van der Waals surface area contributed by atoms with E-state index >= 15 is 0 Å². The van der Waals surface area contributed by atoms with Gasteiger partial charge in [-0.05, 0) is 52.9 Å². The molecular weight excluding hydrogens is 270 g/mol. The lowest BCUT2D eigenvalue weighted by Gasteiger charge is -2.08. The fraction of sp³-hybridized carbons (Fsp3) is 0. The second-order valence-electron chi connectivity index (χ2n) is 5.22. The summed E-state index contributed by atoms with van der Waals surface area (Å²) in [6.07, 6.45) is 1.96. The lowest BCUT2D eigenvalue weighted by Crippen LogP contribution is -1.85. The van der Waals surface area contributed by atoms with Gasteiger partial charge < -0.3 is 9.72 Å². The summed E-state index contributed by atoms with van der Waals surface area (Å²) in [5, 5.41) is 1.22. The fourth-order valence-electron chi connectivity index (χ4n) is 2.59. The van der Waals surface area contributed by atoms with Gasteiger partial charge in [-0.1, -0.05) is 42.5 Å². The molecule has 0 aliphatic rings. The first-order valence-electron chi connectivity index (χ1n) is 7.29. The van der Waals surface area contributed by atoms with Crippen LogP contribution in [0.4, 0.5) is 0 Å². The van der Waals surface area contributed by atoms with Crippen molar-refractivity contribution in [1.29, 1.82) is 0 Å². The Labute approximate surface area is 129 Å². The van der Waals surface area contributed by atoms with Crippen LogP contribution in [0, 0.1) is 0 Å². The molecular formula is C20H15NO. The van der Waals surface area contributed by atoms with Gasteiger partial charge in [0.1, 0.15) is 11.5 Å². The van der Waals surface area contributed by atoms with E-state index in [0.29, 0.717) is 0 Å².